The molecule has 0 spiro atoms. The molecule has 0 saturated carbocycles. The molecule has 0 atom stereocenters. The van der Waals surface area contributed by atoms with Crippen LogP contribution in [0, 0.1) is 0 Å². The fourth-order valence-electron chi connectivity index (χ4n) is 3.98. The van der Waals surface area contributed by atoms with Gasteiger partial charge in [0.1, 0.15) is 5.75 Å². The second kappa shape index (κ2) is 9.60. The van der Waals surface area contributed by atoms with Gasteiger partial charge in [-0.2, -0.15) is 13.2 Å². The van der Waals surface area contributed by atoms with Crippen LogP contribution in [0.2, 0.25) is 0 Å². The molecule has 0 amide bonds. The largest absolute Gasteiger partial charge is 0.494 e. The molecule has 0 aliphatic carbocycles. The van der Waals surface area contributed by atoms with Gasteiger partial charge in [0.25, 0.3) is 0 Å². The van der Waals surface area contributed by atoms with E-state index < -0.39 is 11.7 Å². The summed E-state index contributed by atoms with van der Waals surface area (Å²) in [7, 11) is 0. The lowest BCUT2D eigenvalue weighted by molar-refractivity contribution is -0.137. The number of hydrogen-bond donors (Lipinski definition) is 0. The van der Waals surface area contributed by atoms with Crippen LogP contribution in [0.25, 0.3) is 10.8 Å². The fraction of sp³-hybridized carbons (Fsp3) is 0.360. The molecule has 3 aromatic rings. The Morgan fingerprint density at radius 1 is 0.774 bits per heavy atom. The number of ether oxygens (including phenoxy) is 1. The lowest BCUT2D eigenvalue weighted by Crippen LogP contribution is -2.46. The Morgan fingerprint density at radius 2 is 1.48 bits per heavy atom. The van der Waals surface area contributed by atoms with Gasteiger partial charge in [-0.3, -0.25) is 4.90 Å². The second-order valence-electron chi connectivity index (χ2n) is 7.94. The van der Waals surface area contributed by atoms with E-state index in [2.05, 4.69) is 34.1 Å². The highest BCUT2D eigenvalue weighted by atomic mass is 19.4. The maximum absolute atomic E-state index is 12.7. The summed E-state index contributed by atoms with van der Waals surface area (Å²) in [4.78, 5) is 4.57. The molecular weight excluding hydrogens is 401 g/mol. The standard InChI is InChI=1S/C25H27F3N2O/c26-25(27,28)22-8-10-23(11-9-22)30-16-14-29(15-17-30)13-3-4-18-31-24-12-7-20-5-1-2-6-21(20)19-24/h1-2,5-12,19H,3-4,13-18H2. The number of nitrogens with zero attached hydrogens (tertiary/aromatic N) is 2. The number of benzene rings is 3. The van der Waals surface area contributed by atoms with Gasteiger partial charge in [-0.25, -0.2) is 0 Å². The predicted molar refractivity (Wildman–Crippen MR) is 119 cm³/mol. The van der Waals surface area contributed by atoms with Gasteiger partial charge in [0, 0.05) is 31.9 Å². The average molecular weight is 428 g/mol. The van der Waals surface area contributed by atoms with Crippen LogP contribution in [0.15, 0.2) is 66.7 Å². The van der Waals surface area contributed by atoms with Crippen LogP contribution in [0.5, 0.6) is 5.75 Å². The van der Waals surface area contributed by atoms with Gasteiger partial charge in [0.2, 0.25) is 0 Å². The van der Waals surface area contributed by atoms with Crippen molar-refractivity contribution in [3.8, 4) is 5.75 Å². The molecular formula is C25H27F3N2O. The molecule has 0 N–H and O–H groups in total. The van der Waals surface area contributed by atoms with E-state index >= 15 is 0 Å². The van der Waals surface area contributed by atoms with Crippen LogP contribution in [-0.4, -0.2) is 44.2 Å². The first kappa shape index (κ1) is 21.5. The third kappa shape index (κ3) is 5.70. The van der Waals surface area contributed by atoms with Crippen molar-refractivity contribution >= 4 is 16.5 Å². The van der Waals surface area contributed by atoms with Crippen LogP contribution < -0.4 is 9.64 Å². The van der Waals surface area contributed by atoms with Crippen molar-refractivity contribution in [2.45, 2.75) is 19.0 Å². The SMILES string of the molecule is FC(F)(F)c1ccc(N2CCN(CCCCOc3ccc4ccccc4c3)CC2)cc1. The Balaban J connectivity index is 1.15. The Kier molecular flexibility index (Phi) is 6.66. The predicted octanol–water partition coefficient (Wildman–Crippen LogP) is 5.84. The first-order valence-corrected chi connectivity index (χ1v) is 10.8. The summed E-state index contributed by atoms with van der Waals surface area (Å²) >= 11 is 0. The molecule has 1 aliphatic heterocycles. The third-order valence-electron chi connectivity index (χ3n) is 5.79. The molecule has 1 heterocycles. The van der Waals surface area contributed by atoms with E-state index in [1.165, 1.54) is 10.8 Å². The number of fused-ring (bicyclic) bond motifs is 1. The van der Waals surface area contributed by atoms with Crippen molar-refractivity contribution in [2.24, 2.45) is 0 Å². The average Bonchev–Trinajstić information content (AvgIpc) is 2.79. The summed E-state index contributed by atoms with van der Waals surface area (Å²) in [6.07, 6.45) is -2.23. The van der Waals surface area contributed by atoms with Crippen LogP contribution in [0.4, 0.5) is 18.9 Å². The molecule has 6 heteroatoms. The smallest absolute Gasteiger partial charge is 0.416 e. The van der Waals surface area contributed by atoms with E-state index in [1.807, 2.05) is 18.2 Å². The summed E-state index contributed by atoms with van der Waals surface area (Å²) in [6, 6.07) is 19.9. The van der Waals surface area contributed by atoms with Crippen LogP contribution >= 0.6 is 0 Å². The third-order valence-corrected chi connectivity index (χ3v) is 5.79. The van der Waals surface area contributed by atoms with E-state index in [1.54, 1.807) is 12.1 Å². The first-order valence-electron chi connectivity index (χ1n) is 10.8. The number of halogens is 3. The minimum atomic E-state index is -4.28. The molecule has 3 nitrogen and oxygen atoms in total. The van der Waals surface area contributed by atoms with Crippen molar-refractivity contribution in [3.05, 3.63) is 72.3 Å². The molecule has 0 aromatic heterocycles. The first-order chi connectivity index (χ1) is 15.0. The summed E-state index contributed by atoms with van der Waals surface area (Å²) in [5.41, 5.74) is 0.261. The van der Waals surface area contributed by atoms with Gasteiger partial charge in [-0.1, -0.05) is 30.3 Å². The van der Waals surface area contributed by atoms with Crippen molar-refractivity contribution in [1.82, 2.24) is 4.90 Å². The Labute approximate surface area is 181 Å². The second-order valence-corrected chi connectivity index (χ2v) is 7.94. The van der Waals surface area contributed by atoms with Gasteiger partial charge in [0.15, 0.2) is 0 Å². The molecule has 3 aromatic carbocycles. The van der Waals surface area contributed by atoms with Crippen LogP contribution in [0.3, 0.4) is 0 Å². The van der Waals surface area contributed by atoms with Gasteiger partial charge in [0.05, 0.1) is 12.2 Å². The molecule has 0 unspecified atom stereocenters. The van der Waals surface area contributed by atoms with E-state index in [9.17, 15) is 13.2 Å². The molecule has 1 fully saturated rings. The lowest BCUT2D eigenvalue weighted by atomic mass is 10.1. The van der Waals surface area contributed by atoms with Crippen molar-refractivity contribution in [1.29, 1.82) is 0 Å². The highest BCUT2D eigenvalue weighted by Gasteiger charge is 2.30. The highest BCUT2D eigenvalue weighted by molar-refractivity contribution is 5.83. The Bertz CT molecular complexity index is 980. The van der Waals surface area contributed by atoms with Crippen molar-refractivity contribution in [2.75, 3.05) is 44.2 Å². The van der Waals surface area contributed by atoms with Crippen molar-refractivity contribution < 1.29 is 17.9 Å². The quantitative estimate of drug-likeness (QED) is 0.440. The topological polar surface area (TPSA) is 15.7 Å². The number of piperazine rings is 1. The summed E-state index contributed by atoms with van der Waals surface area (Å²) in [5, 5.41) is 2.40. The monoisotopic (exact) mass is 428 g/mol. The summed E-state index contributed by atoms with van der Waals surface area (Å²) in [6.45, 7) is 5.23. The number of unbranched alkanes of at least 4 members (excludes halogenated alkanes) is 1. The summed E-state index contributed by atoms with van der Waals surface area (Å²) < 4.78 is 44.1. The number of hydrogen-bond acceptors (Lipinski definition) is 3. The van der Waals surface area contributed by atoms with Crippen LogP contribution in [-0.2, 0) is 6.18 Å². The molecule has 4 rings (SSSR count). The molecule has 164 valence electrons. The van der Waals surface area contributed by atoms with E-state index in [4.69, 9.17) is 4.74 Å². The highest BCUT2D eigenvalue weighted by Crippen LogP contribution is 2.30. The lowest BCUT2D eigenvalue weighted by Gasteiger charge is -2.36. The van der Waals surface area contributed by atoms with E-state index in [0.29, 0.717) is 6.61 Å². The van der Waals surface area contributed by atoms with Gasteiger partial charge in [-0.15, -0.1) is 0 Å². The van der Waals surface area contributed by atoms with Crippen LogP contribution in [0.1, 0.15) is 18.4 Å². The Hall–Kier alpha value is -2.73. The molecule has 31 heavy (non-hydrogen) atoms. The molecule has 0 radical (unpaired) electrons. The van der Waals surface area contributed by atoms with E-state index in [-0.39, 0.29) is 0 Å². The zero-order valence-corrected chi connectivity index (χ0v) is 17.4. The molecule has 0 bridgehead atoms. The minimum Gasteiger partial charge on any atom is -0.494 e. The maximum atomic E-state index is 12.7. The number of alkyl halides is 3. The van der Waals surface area contributed by atoms with E-state index in [0.717, 1.165) is 69.1 Å². The number of rotatable bonds is 7. The zero-order chi connectivity index (χ0) is 21.7. The Morgan fingerprint density at radius 3 is 2.19 bits per heavy atom. The summed E-state index contributed by atoms with van der Waals surface area (Å²) in [5.74, 6) is 0.906. The zero-order valence-electron chi connectivity index (χ0n) is 17.4. The van der Waals surface area contributed by atoms with Gasteiger partial charge >= 0.3 is 6.18 Å². The normalized spacial score (nSPS) is 15.4. The molecule has 1 saturated heterocycles. The molecule has 1 aliphatic rings. The maximum Gasteiger partial charge on any atom is 0.416 e. The number of anilines is 1. The van der Waals surface area contributed by atoms with Gasteiger partial charge in [-0.05, 0) is 66.6 Å². The van der Waals surface area contributed by atoms with Crippen molar-refractivity contribution in [3.63, 3.8) is 0 Å². The fourth-order valence-corrected chi connectivity index (χ4v) is 3.98. The minimum absolute atomic E-state index is 0.596. The van der Waals surface area contributed by atoms with Gasteiger partial charge < -0.3 is 9.64 Å².